The minimum Gasteiger partial charge on any atom is -0.257 e. The third-order valence-electron chi connectivity index (χ3n) is 13.6. The van der Waals surface area contributed by atoms with Crippen LogP contribution in [0.1, 0.15) is 81.6 Å². The van der Waals surface area contributed by atoms with Gasteiger partial charge >= 0.3 is 0 Å². The van der Waals surface area contributed by atoms with Crippen molar-refractivity contribution in [2.24, 2.45) is 49.0 Å². The minimum atomic E-state index is -0.203. The van der Waals surface area contributed by atoms with Crippen molar-refractivity contribution in [1.29, 1.82) is 0 Å². The first-order chi connectivity index (χ1) is 33.1. The van der Waals surface area contributed by atoms with Crippen LogP contribution in [0.15, 0.2) is 179 Å². The molecule has 0 spiro atoms. The lowest BCUT2D eigenvalue weighted by Crippen LogP contribution is -2.43. The first-order valence-corrected chi connectivity index (χ1v) is 24.4. The summed E-state index contributed by atoms with van der Waals surface area (Å²) in [6, 6.07) is 50.7. The number of aliphatic imine (C=N–C) groups is 3. The van der Waals surface area contributed by atoms with E-state index in [4.69, 9.17) is 30.3 Å². The molecule has 0 saturated heterocycles. The summed E-state index contributed by atoms with van der Waals surface area (Å²) in [4.78, 5) is 16.9. The maximum atomic E-state index is 5.62. The number of benzene rings is 6. The number of rotatable bonds is 9. The van der Waals surface area contributed by atoms with Crippen molar-refractivity contribution in [2.45, 2.75) is 81.6 Å². The monoisotopic (exact) mass is 910 g/mol. The van der Waals surface area contributed by atoms with Crippen LogP contribution in [0.3, 0.4) is 0 Å². The quantitative estimate of drug-likeness (QED) is 0.135. The van der Waals surface area contributed by atoms with Gasteiger partial charge in [-0.15, -0.1) is 0 Å². The van der Waals surface area contributed by atoms with Gasteiger partial charge in [0.2, 0.25) is 0 Å². The Kier molecular flexibility index (Phi) is 11.9. The molecule has 9 nitrogen and oxygen atoms in total. The highest BCUT2D eigenvalue weighted by Gasteiger charge is 2.43. The molecule has 10 rings (SSSR count). The third-order valence-corrected chi connectivity index (χ3v) is 13.6. The number of fused-ring (bicyclic) bond motifs is 3. The first-order valence-electron chi connectivity index (χ1n) is 24.4. The van der Waals surface area contributed by atoms with E-state index >= 15 is 0 Å². The van der Waals surface area contributed by atoms with Crippen LogP contribution in [-0.2, 0) is 0 Å². The summed E-state index contributed by atoms with van der Waals surface area (Å²) < 4.78 is 6.01. The number of hydrogen-bond donors (Lipinski definition) is 0. The van der Waals surface area contributed by atoms with Crippen LogP contribution in [-0.4, -0.2) is 46.5 Å². The predicted molar refractivity (Wildman–Crippen MR) is 287 cm³/mol. The summed E-state index contributed by atoms with van der Waals surface area (Å²) in [5.74, 6) is 0.526. The zero-order chi connectivity index (χ0) is 48.1. The molecule has 0 radical (unpaired) electrons. The molecule has 0 N–H and O–H groups in total. The fourth-order valence-corrected chi connectivity index (χ4v) is 10.6. The Morgan fingerprint density at radius 3 is 0.855 bits per heavy atom. The van der Waals surface area contributed by atoms with E-state index in [-0.39, 0.29) is 34.0 Å². The topological polar surface area (TPSA) is 90.5 Å². The second-order valence-electron chi connectivity index (χ2n) is 21.9. The largest absolute Gasteiger partial charge is 0.257 e. The van der Waals surface area contributed by atoms with Crippen LogP contribution in [0.25, 0.3) is 49.8 Å². The van der Waals surface area contributed by atoms with E-state index in [9.17, 15) is 0 Å². The molecule has 9 heteroatoms. The van der Waals surface area contributed by atoms with E-state index in [0.29, 0.717) is 0 Å². The lowest BCUT2D eigenvalue weighted by molar-refractivity contribution is 0.301. The normalized spacial score (nSPS) is 17.9. The summed E-state index contributed by atoms with van der Waals surface area (Å²) >= 11 is 0. The second-order valence-corrected chi connectivity index (χ2v) is 21.9. The van der Waals surface area contributed by atoms with E-state index in [2.05, 4.69) is 208 Å². The van der Waals surface area contributed by atoms with E-state index in [1.807, 2.05) is 32.6 Å². The average molecular weight is 910 g/mol. The van der Waals surface area contributed by atoms with E-state index in [1.165, 1.54) is 17.1 Å². The molecule has 0 unspecified atom stereocenters. The highest BCUT2D eigenvalue weighted by Crippen LogP contribution is 2.46. The number of hydrogen-bond acceptors (Lipinski definition) is 6. The van der Waals surface area contributed by atoms with Gasteiger partial charge in [-0.25, -0.2) is 14.0 Å². The minimum absolute atomic E-state index is 0.175. The van der Waals surface area contributed by atoms with Gasteiger partial charge in [0.1, 0.15) is 0 Å². The molecule has 0 aliphatic heterocycles. The van der Waals surface area contributed by atoms with Crippen LogP contribution in [0.2, 0.25) is 0 Å². The van der Waals surface area contributed by atoms with Crippen LogP contribution >= 0.6 is 0 Å². The van der Waals surface area contributed by atoms with Crippen molar-refractivity contribution in [1.82, 2.24) is 29.3 Å². The summed E-state index contributed by atoms with van der Waals surface area (Å²) in [7, 11) is 0. The summed E-state index contributed by atoms with van der Waals surface area (Å²) in [5, 5.41) is 17.5. The highest BCUT2D eigenvalue weighted by atomic mass is 15.3. The van der Waals surface area contributed by atoms with Gasteiger partial charge in [0, 0.05) is 49.5 Å². The molecular formula is C60H63N9. The van der Waals surface area contributed by atoms with Gasteiger partial charge in [-0.05, 0) is 128 Å². The molecule has 1 aliphatic carbocycles. The summed E-state index contributed by atoms with van der Waals surface area (Å²) in [5.41, 5.74) is 12.2. The molecule has 1 aliphatic rings. The Morgan fingerprint density at radius 1 is 0.362 bits per heavy atom. The molecule has 69 heavy (non-hydrogen) atoms. The van der Waals surface area contributed by atoms with Gasteiger partial charge in [0.25, 0.3) is 0 Å². The Balaban J connectivity index is 1.04. The van der Waals surface area contributed by atoms with Gasteiger partial charge in [-0.3, -0.25) is 15.0 Å². The Bertz CT molecular complexity index is 2990. The highest BCUT2D eigenvalue weighted by molar-refractivity contribution is 6.00. The molecule has 6 aromatic carbocycles. The van der Waals surface area contributed by atoms with Gasteiger partial charge in [-0.1, -0.05) is 117 Å². The Hall–Kier alpha value is -7.26. The van der Waals surface area contributed by atoms with Crippen molar-refractivity contribution in [3.63, 3.8) is 0 Å². The number of nitrogens with zero attached hydrogens (tertiary/aromatic N) is 9. The number of aromatic nitrogens is 6. The Labute approximate surface area is 406 Å². The zero-order valence-corrected chi connectivity index (χ0v) is 41.5. The van der Waals surface area contributed by atoms with Crippen LogP contribution in [0.5, 0.6) is 0 Å². The molecule has 1 saturated carbocycles. The summed E-state index contributed by atoms with van der Waals surface area (Å²) in [6.45, 7) is 20.9. The van der Waals surface area contributed by atoms with Gasteiger partial charge in [0.15, 0.2) is 0 Å². The SMILES string of the molecule is CC(C)(C)C(=Nc1ccc(-n2ncc3ccccc32)cc1)C1CC(C(=Nc2ccc(-n3ncc4ccccc43)cc2)C(C)(C)C)CC(C(=Nc2ccc(-n3ncc4ccccc43)cc2)C(C)(C)C)C1. The van der Waals surface area contributed by atoms with Gasteiger partial charge < -0.3 is 0 Å². The van der Waals surface area contributed by atoms with Crippen molar-refractivity contribution in [2.75, 3.05) is 0 Å². The second kappa shape index (κ2) is 18.0. The van der Waals surface area contributed by atoms with Crippen molar-refractivity contribution < 1.29 is 0 Å². The molecule has 1 fully saturated rings. The van der Waals surface area contributed by atoms with Gasteiger partial charge in [0.05, 0.1) is 69.3 Å². The third kappa shape index (κ3) is 9.47. The molecule has 0 bridgehead atoms. The molecule has 3 aromatic heterocycles. The van der Waals surface area contributed by atoms with Gasteiger partial charge in [-0.2, -0.15) is 15.3 Å². The number of para-hydroxylation sites is 3. The standard InChI is InChI=1S/C60H63N9/c1-58(2,3)55(64-46-22-28-49(29-23-46)67-52-19-13-10-16-40(52)37-61-67)43-34-44(56(59(4,5)6)65-47-24-30-50(31-25-47)68-53-20-14-11-17-41(53)38-62-68)36-45(35-43)57(60(7,8)9)66-48-26-32-51(33-27-48)69-54-21-15-12-18-42(54)39-63-69/h10-33,37-39,43-45H,34-36H2,1-9H3. The molecule has 348 valence electrons. The molecule has 3 heterocycles. The lowest BCUT2D eigenvalue weighted by atomic mass is 9.62. The molecule has 9 aromatic rings. The molecule has 0 atom stereocenters. The van der Waals surface area contributed by atoms with E-state index in [1.54, 1.807) is 0 Å². The first kappa shape index (κ1) is 45.5. The zero-order valence-electron chi connectivity index (χ0n) is 41.5. The average Bonchev–Trinajstić information content (AvgIpc) is 4.09. The van der Waals surface area contributed by atoms with Crippen molar-refractivity contribution >= 4 is 66.9 Å². The predicted octanol–water partition coefficient (Wildman–Crippen LogP) is 15.5. The van der Waals surface area contributed by atoms with Crippen molar-refractivity contribution in [3.05, 3.63) is 164 Å². The van der Waals surface area contributed by atoms with E-state index < -0.39 is 0 Å². The fourth-order valence-electron chi connectivity index (χ4n) is 10.6. The van der Waals surface area contributed by atoms with Crippen LogP contribution < -0.4 is 0 Å². The maximum absolute atomic E-state index is 5.62. The lowest BCUT2D eigenvalue weighted by Gasteiger charge is -2.43. The van der Waals surface area contributed by atoms with Crippen molar-refractivity contribution in [3.8, 4) is 17.1 Å². The maximum Gasteiger partial charge on any atom is 0.0741 e. The van der Waals surface area contributed by atoms with Crippen LogP contribution in [0.4, 0.5) is 17.1 Å². The van der Waals surface area contributed by atoms with Crippen LogP contribution in [0, 0.1) is 34.0 Å². The fraction of sp³-hybridized carbons (Fsp3) is 0.300. The molecule has 0 amide bonds. The Morgan fingerprint density at radius 2 is 0.609 bits per heavy atom. The summed E-state index contributed by atoms with van der Waals surface area (Å²) in [6.07, 6.45) is 8.61. The molecular weight excluding hydrogens is 847 g/mol. The smallest absolute Gasteiger partial charge is 0.0741 e. The van der Waals surface area contributed by atoms with E-state index in [0.717, 1.165) is 86.1 Å².